The Hall–Kier alpha value is 0.630. The van der Waals surface area contributed by atoms with Gasteiger partial charge in [0.2, 0.25) is 0 Å². The molecule has 0 spiro atoms. The molecule has 0 aliphatic rings. The largest absolute Gasteiger partial charge is 0.344 e. The van der Waals surface area contributed by atoms with Gasteiger partial charge < -0.3 is 4.52 Å². The van der Waals surface area contributed by atoms with E-state index in [0.29, 0.717) is 6.61 Å². The summed E-state index contributed by atoms with van der Waals surface area (Å²) in [5, 5.41) is 0. The quantitative estimate of drug-likeness (QED) is 0.696. The van der Waals surface area contributed by atoms with Crippen LogP contribution in [0.3, 0.4) is 0 Å². The van der Waals surface area contributed by atoms with Gasteiger partial charge in [0.25, 0.3) is 0 Å². The first-order valence-corrected chi connectivity index (χ1v) is 5.91. The fourth-order valence-corrected chi connectivity index (χ4v) is 2.96. The highest BCUT2D eigenvalue weighted by atomic mass is 79.9. The predicted octanol–water partition coefficient (Wildman–Crippen LogP) is 3.34. The zero-order chi connectivity index (χ0) is 8.91. The van der Waals surface area contributed by atoms with Crippen molar-refractivity contribution in [3.05, 3.63) is 0 Å². The van der Waals surface area contributed by atoms with Crippen LogP contribution in [0, 0.1) is 0 Å². The molecule has 0 fully saturated rings. The van der Waals surface area contributed by atoms with Crippen LogP contribution in [0.1, 0.15) is 27.2 Å². The van der Waals surface area contributed by atoms with Crippen LogP contribution >= 0.6 is 23.9 Å². The molecular formula is C6H14BrO3P. The van der Waals surface area contributed by atoms with Crippen molar-refractivity contribution in [2.45, 2.75) is 32.9 Å². The summed E-state index contributed by atoms with van der Waals surface area (Å²) >= 11 is 2.73. The van der Waals surface area contributed by atoms with Crippen LogP contribution < -0.4 is 0 Å². The van der Waals surface area contributed by atoms with E-state index in [1.54, 1.807) is 6.92 Å². The summed E-state index contributed by atoms with van der Waals surface area (Å²) in [7, 11) is -2.87. The van der Waals surface area contributed by atoms with E-state index in [-0.39, 0.29) is 5.66 Å². The number of rotatable bonds is 5. The van der Waals surface area contributed by atoms with E-state index in [1.165, 1.54) is 0 Å². The molecule has 68 valence electrons. The first kappa shape index (κ1) is 11.6. The second-order valence-corrected chi connectivity index (χ2v) is 5.51. The Bertz CT molecular complexity index is 151. The lowest BCUT2D eigenvalue weighted by atomic mass is 10.4. The lowest BCUT2D eigenvalue weighted by Gasteiger charge is -2.18. The van der Waals surface area contributed by atoms with E-state index >= 15 is 0 Å². The molecule has 0 N–H and O–H groups in total. The van der Waals surface area contributed by atoms with Crippen molar-refractivity contribution in [1.82, 2.24) is 0 Å². The molecule has 0 rings (SSSR count). The van der Waals surface area contributed by atoms with Gasteiger partial charge in [-0.2, -0.15) is 0 Å². The van der Waals surface area contributed by atoms with Gasteiger partial charge in [0.05, 0.1) is 12.3 Å². The van der Waals surface area contributed by atoms with Crippen LogP contribution in [0.15, 0.2) is 0 Å². The predicted molar refractivity (Wildman–Crippen MR) is 49.0 cm³/mol. The third kappa shape index (κ3) is 3.24. The smallest absolute Gasteiger partial charge is 0.308 e. The van der Waals surface area contributed by atoms with Gasteiger partial charge in [0, 0.05) is 0 Å². The summed E-state index contributed by atoms with van der Waals surface area (Å²) in [6, 6.07) is 0. The zero-order valence-electron chi connectivity index (χ0n) is 7.04. The van der Waals surface area contributed by atoms with Crippen molar-refractivity contribution < 1.29 is 12.7 Å². The molecule has 0 saturated carbocycles. The van der Waals surface area contributed by atoms with E-state index in [2.05, 4.69) is 19.9 Å². The molecule has 0 amide bonds. The summed E-state index contributed by atoms with van der Waals surface area (Å²) in [5.74, 6) is 0. The fourth-order valence-electron chi connectivity index (χ4n) is 0.619. The normalized spacial score (nSPS) is 19.3. The molecule has 11 heavy (non-hydrogen) atoms. The molecule has 3 nitrogen and oxygen atoms in total. The number of halogens is 1. The Labute approximate surface area is 76.4 Å². The summed E-state index contributed by atoms with van der Waals surface area (Å²) in [5.41, 5.74) is -0.0539. The van der Waals surface area contributed by atoms with Gasteiger partial charge in [-0.05, 0) is 13.3 Å². The van der Waals surface area contributed by atoms with E-state index in [1.807, 2.05) is 13.8 Å². The molecule has 0 aliphatic heterocycles. The third-order valence-corrected chi connectivity index (χ3v) is 5.00. The maximum Gasteiger partial charge on any atom is 0.344 e. The molecule has 0 saturated heterocycles. The first-order valence-electron chi connectivity index (χ1n) is 3.65. The molecule has 0 aromatic carbocycles. The van der Waals surface area contributed by atoms with Crippen LogP contribution in [0.25, 0.3) is 0 Å². The second-order valence-electron chi connectivity index (χ2n) is 2.28. The maximum absolute atomic E-state index is 11.6. The highest BCUT2D eigenvalue weighted by Gasteiger charge is 2.30. The van der Waals surface area contributed by atoms with E-state index in [0.717, 1.165) is 6.42 Å². The third-order valence-electron chi connectivity index (χ3n) is 1.54. The van der Waals surface area contributed by atoms with Gasteiger partial charge in [-0.1, -0.05) is 13.8 Å². The van der Waals surface area contributed by atoms with Crippen molar-refractivity contribution >= 4 is 23.9 Å². The molecule has 0 aliphatic carbocycles. The van der Waals surface area contributed by atoms with Crippen molar-refractivity contribution in [1.29, 1.82) is 0 Å². The van der Waals surface area contributed by atoms with Gasteiger partial charge >= 0.3 is 7.60 Å². The van der Waals surface area contributed by atoms with Crippen molar-refractivity contribution in [3.8, 4) is 0 Å². The Morgan fingerprint density at radius 1 is 1.55 bits per heavy atom. The molecule has 0 bridgehead atoms. The zero-order valence-corrected chi connectivity index (χ0v) is 9.52. The minimum atomic E-state index is -2.87. The standard InChI is InChI=1S/C6H14BrO3P/c1-4-6(3)11(8,10-7)9-5-2/h6H,4-5H2,1-3H3. The van der Waals surface area contributed by atoms with E-state index < -0.39 is 7.60 Å². The van der Waals surface area contributed by atoms with Crippen molar-refractivity contribution in [2.24, 2.45) is 0 Å². The lowest BCUT2D eigenvalue weighted by molar-refractivity contribution is 0.284. The maximum atomic E-state index is 11.6. The minimum absolute atomic E-state index is 0.0539. The van der Waals surface area contributed by atoms with Crippen LogP contribution in [0.2, 0.25) is 0 Å². The summed E-state index contributed by atoms with van der Waals surface area (Å²) < 4.78 is 21.3. The van der Waals surface area contributed by atoms with E-state index in [4.69, 9.17) is 4.52 Å². The van der Waals surface area contributed by atoms with Crippen LogP contribution in [0.4, 0.5) is 0 Å². The molecule has 2 atom stereocenters. The number of hydrogen-bond acceptors (Lipinski definition) is 3. The highest BCUT2D eigenvalue weighted by Crippen LogP contribution is 2.55. The summed E-state index contributed by atoms with van der Waals surface area (Å²) in [6.07, 6.45) is 0.781. The van der Waals surface area contributed by atoms with E-state index in [9.17, 15) is 4.57 Å². The van der Waals surface area contributed by atoms with Crippen LogP contribution in [0.5, 0.6) is 0 Å². The summed E-state index contributed by atoms with van der Waals surface area (Å²) in [6.45, 7) is 5.99. The molecule has 0 aromatic heterocycles. The molecule has 2 unspecified atom stereocenters. The van der Waals surface area contributed by atoms with Gasteiger partial charge in [-0.25, -0.2) is 3.62 Å². The summed E-state index contributed by atoms with van der Waals surface area (Å²) in [4.78, 5) is 0. The Kier molecular flexibility index (Phi) is 5.61. The Morgan fingerprint density at radius 3 is 2.36 bits per heavy atom. The second kappa shape index (κ2) is 5.31. The average Bonchev–Trinajstić information content (AvgIpc) is 2.03. The van der Waals surface area contributed by atoms with Crippen LogP contribution in [-0.4, -0.2) is 12.3 Å². The number of hydrogen-bond donors (Lipinski definition) is 0. The SMILES string of the molecule is CCOP(=O)(OBr)C(C)CC. The first-order chi connectivity index (χ1) is 5.10. The molecule has 5 heteroatoms. The molecule has 0 aromatic rings. The minimum Gasteiger partial charge on any atom is -0.308 e. The monoisotopic (exact) mass is 244 g/mol. The molecule has 0 radical (unpaired) electrons. The Balaban J connectivity index is 4.20. The topological polar surface area (TPSA) is 35.5 Å². The van der Waals surface area contributed by atoms with Crippen molar-refractivity contribution in [2.75, 3.05) is 6.61 Å². The van der Waals surface area contributed by atoms with Gasteiger partial charge in [0.15, 0.2) is 0 Å². The highest BCUT2D eigenvalue weighted by molar-refractivity contribution is 9.06. The lowest BCUT2D eigenvalue weighted by Crippen LogP contribution is -2.04. The van der Waals surface area contributed by atoms with Gasteiger partial charge in [0.1, 0.15) is 16.3 Å². The van der Waals surface area contributed by atoms with Gasteiger partial charge in [-0.15, -0.1) is 0 Å². The van der Waals surface area contributed by atoms with Crippen molar-refractivity contribution in [3.63, 3.8) is 0 Å². The average molecular weight is 245 g/mol. The molecule has 0 heterocycles. The van der Waals surface area contributed by atoms with Crippen LogP contribution in [-0.2, 0) is 12.7 Å². The van der Waals surface area contributed by atoms with Gasteiger partial charge in [-0.3, -0.25) is 4.57 Å². The fraction of sp³-hybridized carbons (Fsp3) is 1.00. The Morgan fingerprint density at radius 2 is 2.09 bits per heavy atom. The molecular weight excluding hydrogens is 231 g/mol.